The van der Waals surface area contributed by atoms with E-state index >= 15 is 0 Å². The zero-order valence-electron chi connectivity index (χ0n) is 15.1. The summed E-state index contributed by atoms with van der Waals surface area (Å²) in [6, 6.07) is 0. The first-order chi connectivity index (χ1) is 11.8. The second-order valence-corrected chi connectivity index (χ2v) is 5.94. The van der Waals surface area contributed by atoms with Crippen molar-refractivity contribution in [3.8, 4) is 0 Å². The Hall–Kier alpha value is -2.13. The molecule has 0 aromatic carbocycles. The molecule has 0 saturated carbocycles. The minimum Gasteiger partial charge on any atom is -0.462 e. The lowest BCUT2D eigenvalue weighted by atomic mass is 10.2. The van der Waals surface area contributed by atoms with Gasteiger partial charge in [0.25, 0.3) is 0 Å². The lowest BCUT2D eigenvalue weighted by Crippen LogP contribution is -2.27. The Labute approximate surface area is 147 Å². The van der Waals surface area contributed by atoms with Crippen molar-refractivity contribution in [1.29, 1.82) is 0 Å². The fraction of sp³-hybridized carbons (Fsp3) is 0.688. The molecule has 0 fully saturated rings. The van der Waals surface area contributed by atoms with Crippen LogP contribution in [0.25, 0.3) is 0 Å². The number of ether oxygens (including phenoxy) is 4. The summed E-state index contributed by atoms with van der Waals surface area (Å²) in [5.41, 5.74) is -0.202. The van der Waals surface area contributed by atoms with Crippen LogP contribution in [0.2, 0.25) is 0 Å². The summed E-state index contributed by atoms with van der Waals surface area (Å²) < 4.78 is 20.4. The minimum absolute atomic E-state index is 0.110. The van der Waals surface area contributed by atoms with E-state index in [0.29, 0.717) is 25.4 Å². The summed E-state index contributed by atoms with van der Waals surface area (Å²) in [5, 5.41) is 3.88. The van der Waals surface area contributed by atoms with E-state index in [1.165, 1.54) is 17.2 Å². The predicted octanol–water partition coefficient (Wildman–Crippen LogP) is 0.863. The van der Waals surface area contributed by atoms with E-state index in [2.05, 4.69) is 5.10 Å². The van der Waals surface area contributed by atoms with Crippen LogP contribution in [-0.4, -0.2) is 67.1 Å². The molecule has 25 heavy (non-hydrogen) atoms. The van der Waals surface area contributed by atoms with Crippen molar-refractivity contribution in [2.75, 3.05) is 39.6 Å². The third-order valence-electron chi connectivity index (χ3n) is 2.53. The molecule has 0 unspecified atom stereocenters. The maximum absolute atomic E-state index is 11.5. The Bertz CT molecular complexity index is 537. The molecular formula is C16H26N2O7. The number of carbonyl (C=O) groups is 2. The van der Waals surface area contributed by atoms with Crippen molar-refractivity contribution >= 4 is 11.9 Å². The first-order valence-electron chi connectivity index (χ1n) is 8.04. The van der Waals surface area contributed by atoms with Crippen molar-refractivity contribution in [3.63, 3.8) is 0 Å². The van der Waals surface area contributed by atoms with E-state index in [1.54, 1.807) is 27.7 Å². The number of hydrogen-bond donors (Lipinski definition) is 0. The van der Waals surface area contributed by atoms with Gasteiger partial charge in [-0.3, -0.25) is 0 Å². The lowest BCUT2D eigenvalue weighted by Gasteiger charge is -2.19. The zero-order valence-corrected chi connectivity index (χ0v) is 15.1. The normalized spacial score (nSPS) is 11.2. The fourth-order valence-electron chi connectivity index (χ4n) is 1.63. The van der Waals surface area contributed by atoms with E-state index in [-0.39, 0.29) is 19.8 Å². The zero-order chi connectivity index (χ0) is 18.7. The average Bonchev–Trinajstić information content (AvgIpc) is 2.97. The summed E-state index contributed by atoms with van der Waals surface area (Å²) >= 11 is 0. The Morgan fingerprint density at radius 1 is 1.12 bits per heavy atom. The maximum atomic E-state index is 11.5. The molecule has 1 aromatic heterocycles. The van der Waals surface area contributed by atoms with Gasteiger partial charge >= 0.3 is 11.9 Å². The molecule has 1 aromatic rings. The summed E-state index contributed by atoms with van der Waals surface area (Å²) in [6.45, 7) is 8.45. The van der Waals surface area contributed by atoms with Crippen LogP contribution < -0.4 is 4.84 Å². The van der Waals surface area contributed by atoms with Gasteiger partial charge in [0.05, 0.1) is 38.8 Å². The standard InChI is InChI=1S/C16H26N2O7/c1-5-23-15(20)13-10-17-18(11-13)24-9-8-21-6-7-22-12-14(19)25-16(2,3)4/h10-11H,5-9,12H2,1-4H3. The van der Waals surface area contributed by atoms with Crippen molar-refractivity contribution in [2.45, 2.75) is 33.3 Å². The molecule has 0 bridgehead atoms. The molecule has 0 amide bonds. The van der Waals surface area contributed by atoms with Crippen LogP contribution in [0.5, 0.6) is 0 Å². The summed E-state index contributed by atoms with van der Waals surface area (Å²) in [4.78, 5) is 29.3. The van der Waals surface area contributed by atoms with Crippen LogP contribution >= 0.6 is 0 Å². The van der Waals surface area contributed by atoms with Gasteiger partial charge in [-0.25, -0.2) is 9.59 Å². The van der Waals surface area contributed by atoms with Crippen LogP contribution in [0.15, 0.2) is 12.4 Å². The highest BCUT2D eigenvalue weighted by Crippen LogP contribution is 2.06. The Morgan fingerprint density at radius 3 is 2.48 bits per heavy atom. The quantitative estimate of drug-likeness (QED) is 0.424. The van der Waals surface area contributed by atoms with Crippen molar-refractivity contribution < 1.29 is 33.4 Å². The molecule has 142 valence electrons. The average molecular weight is 358 g/mol. The highest BCUT2D eigenvalue weighted by Gasteiger charge is 2.15. The number of aromatic nitrogens is 2. The third-order valence-corrected chi connectivity index (χ3v) is 2.53. The van der Waals surface area contributed by atoms with Crippen molar-refractivity contribution in [2.24, 2.45) is 0 Å². The number of esters is 2. The fourth-order valence-corrected chi connectivity index (χ4v) is 1.63. The van der Waals surface area contributed by atoms with Gasteiger partial charge in [-0.15, -0.1) is 9.94 Å². The van der Waals surface area contributed by atoms with E-state index in [1.807, 2.05) is 0 Å². The number of nitrogens with zero attached hydrogens (tertiary/aromatic N) is 2. The Balaban J connectivity index is 2.04. The largest absolute Gasteiger partial charge is 0.462 e. The van der Waals surface area contributed by atoms with E-state index < -0.39 is 17.5 Å². The highest BCUT2D eigenvalue weighted by molar-refractivity contribution is 5.88. The van der Waals surface area contributed by atoms with Gasteiger partial charge in [0.1, 0.15) is 24.4 Å². The number of carbonyl (C=O) groups excluding carboxylic acids is 2. The van der Waals surface area contributed by atoms with Crippen molar-refractivity contribution in [1.82, 2.24) is 9.94 Å². The molecule has 0 saturated heterocycles. The first kappa shape index (κ1) is 20.9. The van der Waals surface area contributed by atoms with Crippen LogP contribution in [0, 0.1) is 0 Å². The van der Waals surface area contributed by atoms with Crippen LogP contribution in [0.1, 0.15) is 38.1 Å². The molecule has 0 aliphatic heterocycles. The van der Waals surface area contributed by atoms with E-state index in [0.717, 1.165) is 0 Å². The molecule has 9 heteroatoms. The molecule has 0 aliphatic carbocycles. The molecule has 1 heterocycles. The van der Waals surface area contributed by atoms with Crippen LogP contribution in [0.4, 0.5) is 0 Å². The predicted molar refractivity (Wildman–Crippen MR) is 87.1 cm³/mol. The van der Waals surface area contributed by atoms with Gasteiger partial charge < -0.3 is 23.8 Å². The summed E-state index contributed by atoms with van der Waals surface area (Å²) in [6.07, 6.45) is 2.80. The number of hydrogen-bond acceptors (Lipinski definition) is 8. The summed E-state index contributed by atoms with van der Waals surface area (Å²) in [5.74, 6) is -0.859. The van der Waals surface area contributed by atoms with Gasteiger partial charge in [0.2, 0.25) is 0 Å². The maximum Gasteiger partial charge on any atom is 0.341 e. The van der Waals surface area contributed by atoms with Crippen LogP contribution in [-0.2, 0) is 23.7 Å². The Morgan fingerprint density at radius 2 is 1.80 bits per heavy atom. The molecule has 0 atom stereocenters. The molecule has 0 aliphatic rings. The van der Waals surface area contributed by atoms with Gasteiger partial charge in [0.15, 0.2) is 0 Å². The van der Waals surface area contributed by atoms with Gasteiger partial charge in [-0.1, -0.05) is 0 Å². The summed E-state index contributed by atoms with van der Waals surface area (Å²) in [7, 11) is 0. The molecular weight excluding hydrogens is 332 g/mol. The van der Waals surface area contributed by atoms with E-state index in [9.17, 15) is 9.59 Å². The van der Waals surface area contributed by atoms with Crippen LogP contribution in [0.3, 0.4) is 0 Å². The van der Waals surface area contributed by atoms with Gasteiger partial charge in [-0.2, -0.15) is 0 Å². The monoisotopic (exact) mass is 358 g/mol. The second-order valence-electron chi connectivity index (χ2n) is 5.94. The molecule has 1 rings (SSSR count). The molecule has 0 spiro atoms. The Kier molecular flexibility index (Phi) is 8.93. The molecule has 0 radical (unpaired) electrons. The topological polar surface area (TPSA) is 98.1 Å². The third kappa shape index (κ3) is 9.68. The highest BCUT2D eigenvalue weighted by atomic mass is 16.7. The van der Waals surface area contributed by atoms with Gasteiger partial charge in [-0.05, 0) is 27.7 Å². The molecule has 9 nitrogen and oxygen atoms in total. The lowest BCUT2D eigenvalue weighted by molar-refractivity contribution is -0.160. The smallest absolute Gasteiger partial charge is 0.341 e. The molecule has 0 N–H and O–H groups in total. The van der Waals surface area contributed by atoms with E-state index in [4.69, 9.17) is 23.8 Å². The number of rotatable bonds is 11. The minimum atomic E-state index is -0.520. The first-order valence-corrected chi connectivity index (χ1v) is 8.04. The second kappa shape index (κ2) is 10.7. The van der Waals surface area contributed by atoms with Gasteiger partial charge in [0, 0.05) is 0 Å². The van der Waals surface area contributed by atoms with Crippen molar-refractivity contribution in [3.05, 3.63) is 18.0 Å². The SMILES string of the molecule is CCOC(=O)c1cnn(OCCOCCOCC(=O)OC(C)(C)C)c1.